The number of aliphatic hydroxyl groups is 1. The normalized spacial score (nSPS) is 34.8. The van der Waals surface area contributed by atoms with Crippen LogP contribution < -0.4 is 0 Å². The van der Waals surface area contributed by atoms with Crippen molar-refractivity contribution in [3.63, 3.8) is 0 Å². The number of rotatable bonds is 7. The van der Waals surface area contributed by atoms with Gasteiger partial charge in [0, 0.05) is 12.6 Å². The first kappa shape index (κ1) is 24.9. The Morgan fingerprint density at radius 1 is 1.18 bits per heavy atom. The van der Waals surface area contributed by atoms with E-state index >= 15 is 0 Å². The minimum absolute atomic E-state index is 0.00841. The summed E-state index contributed by atoms with van der Waals surface area (Å²) in [7, 11) is 0. The topological polar surface area (TPSA) is 96.4 Å². The SMILES string of the molecule is CCCC(C)N1CC=C[C@]23O[C@H]4C=CCCOC(=O)[C@H]4[C@H]2C(=O)N([C@@H](CO)CC(C)C)C3C1=O. The quantitative estimate of drug-likeness (QED) is 0.448. The van der Waals surface area contributed by atoms with Crippen LogP contribution in [0.4, 0.5) is 0 Å². The van der Waals surface area contributed by atoms with Crippen molar-refractivity contribution >= 4 is 17.8 Å². The molecule has 4 aliphatic rings. The van der Waals surface area contributed by atoms with Gasteiger partial charge in [0.1, 0.15) is 17.6 Å². The summed E-state index contributed by atoms with van der Waals surface area (Å²) in [6, 6.07) is -1.49. The molecule has 0 aromatic heterocycles. The number of hydrogen-bond donors (Lipinski definition) is 1. The average molecular weight is 475 g/mol. The zero-order valence-corrected chi connectivity index (χ0v) is 20.7. The summed E-state index contributed by atoms with van der Waals surface area (Å²) in [5.41, 5.74) is -1.28. The Morgan fingerprint density at radius 3 is 2.62 bits per heavy atom. The molecule has 2 fully saturated rings. The van der Waals surface area contributed by atoms with E-state index in [1.807, 2.05) is 50.0 Å². The molecule has 34 heavy (non-hydrogen) atoms. The molecule has 7 atom stereocenters. The van der Waals surface area contributed by atoms with Crippen LogP contribution >= 0.6 is 0 Å². The molecule has 0 aliphatic carbocycles. The van der Waals surface area contributed by atoms with Crippen LogP contribution in [0.25, 0.3) is 0 Å². The van der Waals surface area contributed by atoms with Gasteiger partial charge in [0.2, 0.25) is 11.8 Å². The molecule has 0 saturated carbocycles. The van der Waals surface area contributed by atoms with E-state index in [1.165, 1.54) is 0 Å². The second kappa shape index (κ2) is 9.82. The van der Waals surface area contributed by atoms with Gasteiger partial charge in [-0.3, -0.25) is 14.4 Å². The van der Waals surface area contributed by atoms with Crippen LogP contribution in [0.2, 0.25) is 0 Å². The Balaban J connectivity index is 1.84. The van der Waals surface area contributed by atoms with E-state index in [0.717, 1.165) is 12.8 Å². The first-order valence-electron chi connectivity index (χ1n) is 12.7. The van der Waals surface area contributed by atoms with Crippen molar-refractivity contribution in [2.75, 3.05) is 19.8 Å². The second-order valence-electron chi connectivity index (χ2n) is 10.5. The lowest BCUT2D eigenvalue weighted by Crippen LogP contribution is -2.59. The van der Waals surface area contributed by atoms with Crippen LogP contribution in [0.15, 0.2) is 24.3 Å². The number of ether oxygens (including phenoxy) is 2. The summed E-state index contributed by atoms with van der Waals surface area (Å²) in [6.07, 6.45) is 9.75. The first-order chi connectivity index (χ1) is 16.3. The van der Waals surface area contributed by atoms with Gasteiger partial charge in [0.25, 0.3) is 0 Å². The zero-order chi connectivity index (χ0) is 24.6. The van der Waals surface area contributed by atoms with Gasteiger partial charge in [-0.25, -0.2) is 0 Å². The molecular formula is C26H38N2O6. The molecule has 8 heteroatoms. The Morgan fingerprint density at radius 2 is 1.94 bits per heavy atom. The number of esters is 1. The van der Waals surface area contributed by atoms with Crippen molar-refractivity contribution in [1.29, 1.82) is 0 Å². The highest BCUT2D eigenvalue weighted by molar-refractivity contribution is 5.99. The highest BCUT2D eigenvalue weighted by atomic mass is 16.6. The van der Waals surface area contributed by atoms with Gasteiger partial charge in [-0.2, -0.15) is 0 Å². The van der Waals surface area contributed by atoms with Crippen molar-refractivity contribution in [2.45, 2.75) is 83.2 Å². The van der Waals surface area contributed by atoms with Crippen LogP contribution in [0.3, 0.4) is 0 Å². The Kier molecular flexibility index (Phi) is 7.20. The molecule has 0 aromatic rings. The zero-order valence-electron chi connectivity index (χ0n) is 20.7. The predicted octanol–water partition coefficient (Wildman–Crippen LogP) is 2.06. The number of fused-ring (bicyclic) bond motifs is 2. The predicted molar refractivity (Wildman–Crippen MR) is 125 cm³/mol. The van der Waals surface area contributed by atoms with Crippen molar-refractivity contribution in [1.82, 2.24) is 9.80 Å². The molecule has 0 bridgehead atoms. The maximum Gasteiger partial charge on any atom is 0.312 e. The Labute approximate surface area is 201 Å². The number of hydrogen-bond acceptors (Lipinski definition) is 6. The number of likely N-dealkylation sites (tertiary alicyclic amines) is 1. The van der Waals surface area contributed by atoms with Crippen molar-refractivity contribution < 1.29 is 29.0 Å². The summed E-state index contributed by atoms with van der Waals surface area (Å²) in [5.74, 6) is -2.46. The van der Waals surface area contributed by atoms with Crippen molar-refractivity contribution in [3.05, 3.63) is 24.3 Å². The Bertz CT molecular complexity index is 869. The molecule has 2 unspecified atom stereocenters. The fraction of sp³-hybridized carbons (Fsp3) is 0.731. The fourth-order valence-electron chi connectivity index (χ4n) is 6.25. The Hall–Kier alpha value is -2.19. The number of amides is 2. The number of cyclic esters (lactones) is 1. The minimum Gasteiger partial charge on any atom is -0.465 e. The van der Waals surface area contributed by atoms with E-state index in [4.69, 9.17) is 9.47 Å². The van der Waals surface area contributed by atoms with E-state index in [1.54, 1.807) is 4.90 Å². The van der Waals surface area contributed by atoms with Gasteiger partial charge in [-0.05, 0) is 32.1 Å². The molecule has 0 aromatic carbocycles. The molecule has 4 aliphatic heterocycles. The number of carbonyl (C=O) groups excluding carboxylic acids is 3. The third-order valence-corrected chi connectivity index (χ3v) is 7.68. The lowest BCUT2D eigenvalue weighted by Gasteiger charge is -2.40. The molecule has 188 valence electrons. The summed E-state index contributed by atoms with van der Waals surface area (Å²) in [5, 5.41) is 10.3. The molecule has 1 spiro atoms. The standard InChI is InChI=1S/C26H38N2O6/c1-5-9-17(4)27-12-8-11-26-21(20-19(34-26)10-6-7-13-33-25(20)32)23(30)28(22(26)24(27)31)18(15-29)14-16(2)3/h6,8,10-11,16-22,29H,5,7,9,12-15H2,1-4H3/t17?,18-,19+,20-,21+,22?,26+/m1/s1. The summed E-state index contributed by atoms with van der Waals surface area (Å²) in [4.78, 5) is 44.7. The smallest absolute Gasteiger partial charge is 0.312 e. The molecule has 4 heterocycles. The van der Waals surface area contributed by atoms with Crippen LogP contribution in [0.1, 0.15) is 53.4 Å². The molecule has 2 saturated heterocycles. The highest BCUT2D eigenvalue weighted by Gasteiger charge is 2.72. The third kappa shape index (κ3) is 3.98. The molecule has 8 nitrogen and oxygen atoms in total. The van der Waals surface area contributed by atoms with Crippen LogP contribution in [-0.4, -0.2) is 82.3 Å². The maximum atomic E-state index is 14.2. The van der Waals surface area contributed by atoms with Gasteiger partial charge < -0.3 is 24.4 Å². The summed E-state index contributed by atoms with van der Waals surface area (Å²) >= 11 is 0. The van der Waals surface area contributed by atoms with E-state index in [2.05, 4.69) is 6.92 Å². The molecule has 1 N–H and O–H groups in total. The first-order valence-corrected chi connectivity index (χ1v) is 12.7. The monoisotopic (exact) mass is 474 g/mol. The van der Waals surface area contributed by atoms with Gasteiger partial charge in [0.05, 0.1) is 31.3 Å². The summed E-state index contributed by atoms with van der Waals surface area (Å²) in [6.45, 7) is 8.55. The molecule has 4 rings (SSSR count). The number of aliphatic hydroxyl groups excluding tert-OH is 1. The van der Waals surface area contributed by atoms with Gasteiger partial charge in [0.15, 0.2) is 0 Å². The van der Waals surface area contributed by atoms with E-state index in [9.17, 15) is 19.5 Å². The number of nitrogens with zero attached hydrogens (tertiary/aromatic N) is 2. The summed E-state index contributed by atoms with van der Waals surface area (Å²) < 4.78 is 12.0. The largest absolute Gasteiger partial charge is 0.465 e. The van der Waals surface area contributed by atoms with E-state index in [-0.39, 0.29) is 37.0 Å². The molecular weight excluding hydrogens is 436 g/mol. The van der Waals surface area contributed by atoms with Gasteiger partial charge in [-0.15, -0.1) is 0 Å². The van der Waals surface area contributed by atoms with Crippen LogP contribution in [0, 0.1) is 17.8 Å². The van der Waals surface area contributed by atoms with E-state index < -0.39 is 41.6 Å². The molecule has 0 radical (unpaired) electrons. The lowest BCUT2D eigenvalue weighted by molar-refractivity contribution is -0.157. The highest BCUT2D eigenvalue weighted by Crippen LogP contribution is 2.54. The van der Waals surface area contributed by atoms with E-state index in [0.29, 0.717) is 19.4 Å². The average Bonchev–Trinajstić information content (AvgIpc) is 3.16. The van der Waals surface area contributed by atoms with Crippen molar-refractivity contribution in [2.24, 2.45) is 17.8 Å². The van der Waals surface area contributed by atoms with Gasteiger partial charge in [-0.1, -0.05) is 51.5 Å². The maximum absolute atomic E-state index is 14.2. The molecule has 2 amide bonds. The minimum atomic E-state index is -1.28. The van der Waals surface area contributed by atoms with Crippen LogP contribution in [-0.2, 0) is 23.9 Å². The third-order valence-electron chi connectivity index (χ3n) is 7.68. The second-order valence-corrected chi connectivity index (χ2v) is 10.5. The lowest BCUT2D eigenvalue weighted by atomic mass is 9.77. The van der Waals surface area contributed by atoms with Gasteiger partial charge >= 0.3 is 5.97 Å². The fourth-order valence-corrected chi connectivity index (χ4v) is 6.25. The number of carbonyl (C=O) groups is 3. The van der Waals surface area contributed by atoms with Crippen molar-refractivity contribution in [3.8, 4) is 0 Å². The van der Waals surface area contributed by atoms with Crippen LogP contribution in [0.5, 0.6) is 0 Å².